The fraction of sp³-hybridized carbons (Fsp3) is 0.444. The third-order valence-corrected chi connectivity index (χ3v) is 4.69. The highest BCUT2D eigenvalue weighted by molar-refractivity contribution is 7.14. The molecule has 1 N–H and O–H groups in total. The summed E-state index contributed by atoms with van der Waals surface area (Å²) < 4.78 is 0. The lowest BCUT2D eigenvalue weighted by Crippen LogP contribution is -2.25. The molecule has 1 aromatic heterocycles. The van der Waals surface area contributed by atoms with Gasteiger partial charge < -0.3 is 5.32 Å². The van der Waals surface area contributed by atoms with Crippen molar-refractivity contribution in [2.24, 2.45) is 5.92 Å². The van der Waals surface area contributed by atoms with Crippen LogP contribution < -0.4 is 5.32 Å². The van der Waals surface area contributed by atoms with Gasteiger partial charge in [0.15, 0.2) is 5.13 Å². The quantitative estimate of drug-likeness (QED) is 0.794. The lowest BCUT2D eigenvalue weighted by Gasteiger charge is -2.20. The van der Waals surface area contributed by atoms with E-state index in [9.17, 15) is 4.79 Å². The maximum atomic E-state index is 12.7. The molecule has 0 bridgehead atoms. The van der Waals surface area contributed by atoms with E-state index in [4.69, 9.17) is 11.6 Å². The van der Waals surface area contributed by atoms with Crippen LogP contribution in [0, 0.1) is 5.92 Å². The lowest BCUT2D eigenvalue weighted by molar-refractivity contribution is -0.118. The molecule has 0 aliphatic rings. The number of amides is 1. The monoisotopic (exact) mass is 350 g/mol. The Morgan fingerprint density at radius 1 is 1.22 bits per heavy atom. The second kappa shape index (κ2) is 7.02. The summed E-state index contributed by atoms with van der Waals surface area (Å²) in [6, 6.07) is 7.46. The highest BCUT2D eigenvalue weighted by Gasteiger charge is 2.25. The Morgan fingerprint density at radius 2 is 1.83 bits per heavy atom. The minimum atomic E-state index is -0.228. The molecule has 2 aromatic rings. The van der Waals surface area contributed by atoms with Crippen molar-refractivity contribution in [3.05, 3.63) is 45.9 Å². The number of aromatic nitrogens is 1. The molecule has 0 spiro atoms. The van der Waals surface area contributed by atoms with E-state index in [1.54, 1.807) is 0 Å². The van der Waals surface area contributed by atoms with Crippen LogP contribution in [0.1, 0.15) is 51.8 Å². The number of thiazole rings is 1. The van der Waals surface area contributed by atoms with Crippen molar-refractivity contribution in [2.75, 3.05) is 5.32 Å². The Balaban J connectivity index is 2.19. The first-order valence-electron chi connectivity index (χ1n) is 7.71. The number of hydrogen-bond donors (Lipinski definition) is 1. The molecule has 0 fully saturated rings. The number of nitrogens with zero attached hydrogens (tertiary/aromatic N) is 1. The molecule has 3 nitrogen and oxygen atoms in total. The van der Waals surface area contributed by atoms with Crippen LogP contribution in [0.2, 0.25) is 5.02 Å². The van der Waals surface area contributed by atoms with E-state index in [1.165, 1.54) is 11.3 Å². The number of carbonyl (C=O) groups excluding carboxylic acids is 1. The minimum absolute atomic E-state index is 0.0207. The summed E-state index contributed by atoms with van der Waals surface area (Å²) in [5.74, 6) is -0.0791. The summed E-state index contributed by atoms with van der Waals surface area (Å²) in [7, 11) is 0. The minimum Gasteiger partial charge on any atom is -0.301 e. The Kier molecular flexibility index (Phi) is 5.48. The van der Waals surface area contributed by atoms with Crippen LogP contribution in [-0.4, -0.2) is 10.9 Å². The molecule has 1 unspecified atom stereocenters. The van der Waals surface area contributed by atoms with Crippen molar-refractivity contribution in [1.82, 2.24) is 4.98 Å². The molecule has 23 heavy (non-hydrogen) atoms. The first-order valence-corrected chi connectivity index (χ1v) is 8.96. The zero-order valence-corrected chi connectivity index (χ0v) is 15.8. The molecule has 5 heteroatoms. The maximum absolute atomic E-state index is 12.7. The van der Waals surface area contributed by atoms with E-state index < -0.39 is 0 Å². The van der Waals surface area contributed by atoms with E-state index in [0.717, 1.165) is 11.3 Å². The molecule has 1 atom stereocenters. The Hall–Kier alpha value is -1.39. The molecule has 0 radical (unpaired) electrons. The molecule has 1 aromatic carbocycles. The van der Waals surface area contributed by atoms with Gasteiger partial charge in [-0.15, -0.1) is 11.3 Å². The molecule has 0 aliphatic carbocycles. The van der Waals surface area contributed by atoms with Crippen LogP contribution >= 0.6 is 22.9 Å². The summed E-state index contributed by atoms with van der Waals surface area (Å²) >= 11 is 7.41. The smallest absolute Gasteiger partial charge is 0.233 e. The molecule has 2 rings (SSSR count). The number of rotatable bonds is 4. The van der Waals surface area contributed by atoms with Crippen LogP contribution in [0.4, 0.5) is 5.13 Å². The van der Waals surface area contributed by atoms with Gasteiger partial charge in [-0.2, -0.15) is 0 Å². The van der Waals surface area contributed by atoms with Crippen LogP contribution in [-0.2, 0) is 10.2 Å². The maximum Gasteiger partial charge on any atom is 0.233 e. The predicted octanol–water partition coefficient (Wildman–Crippen LogP) is 5.47. The predicted molar refractivity (Wildman–Crippen MR) is 98.5 cm³/mol. The van der Waals surface area contributed by atoms with Crippen molar-refractivity contribution in [3.63, 3.8) is 0 Å². The van der Waals surface area contributed by atoms with Crippen molar-refractivity contribution >= 4 is 34.0 Å². The van der Waals surface area contributed by atoms with Gasteiger partial charge in [0.1, 0.15) is 0 Å². The SMILES string of the molecule is CC(C)C(C(=O)Nc1nc(C(C)(C)C)cs1)c1ccc(Cl)cc1. The third kappa shape index (κ3) is 4.55. The molecule has 0 saturated heterocycles. The van der Waals surface area contributed by atoms with Crippen molar-refractivity contribution in [3.8, 4) is 0 Å². The fourth-order valence-electron chi connectivity index (χ4n) is 2.37. The van der Waals surface area contributed by atoms with Crippen molar-refractivity contribution < 1.29 is 4.79 Å². The molecular weight excluding hydrogens is 328 g/mol. The summed E-state index contributed by atoms with van der Waals surface area (Å²) in [6.07, 6.45) is 0. The Labute approximate surface area is 147 Å². The van der Waals surface area contributed by atoms with Gasteiger partial charge in [-0.05, 0) is 23.6 Å². The van der Waals surface area contributed by atoms with Crippen LogP contribution in [0.5, 0.6) is 0 Å². The zero-order valence-electron chi connectivity index (χ0n) is 14.2. The van der Waals surface area contributed by atoms with E-state index in [2.05, 4.69) is 31.1 Å². The second-order valence-corrected chi connectivity index (χ2v) is 8.34. The molecule has 1 heterocycles. The van der Waals surface area contributed by atoms with Gasteiger partial charge >= 0.3 is 0 Å². The third-order valence-electron chi connectivity index (χ3n) is 3.68. The Morgan fingerprint density at radius 3 is 2.30 bits per heavy atom. The largest absolute Gasteiger partial charge is 0.301 e. The number of anilines is 1. The van der Waals surface area contributed by atoms with Gasteiger partial charge in [0.25, 0.3) is 0 Å². The van der Waals surface area contributed by atoms with Gasteiger partial charge in [0, 0.05) is 15.8 Å². The topological polar surface area (TPSA) is 42.0 Å². The molecule has 0 saturated carbocycles. The zero-order chi connectivity index (χ0) is 17.2. The highest BCUT2D eigenvalue weighted by Crippen LogP contribution is 2.30. The highest BCUT2D eigenvalue weighted by atomic mass is 35.5. The molecule has 1 amide bonds. The van der Waals surface area contributed by atoms with Gasteiger partial charge in [0.2, 0.25) is 5.91 Å². The summed E-state index contributed by atoms with van der Waals surface area (Å²) in [5, 5.41) is 6.29. The number of carbonyl (C=O) groups is 1. The van der Waals surface area contributed by atoms with E-state index >= 15 is 0 Å². The molecule has 0 aliphatic heterocycles. The lowest BCUT2D eigenvalue weighted by atomic mass is 9.88. The van der Waals surface area contributed by atoms with Gasteiger partial charge in [-0.3, -0.25) is 4.79 Å². The number of nitrogens with one attached hydrogen (secondary N) is 1. The second-order valence-electron chi connectivity index (χ2n) is 7.05. The summed E-state index contributed by atoms with van der Waals surface area (Å²) in [6.45, 7) is 10.4. The van der Waals surface area contributed by atoms with Crippen LogP contribution in [0.25, 0.3) is 0 Å². The van der Waals surface area contributed by atoms with Gasteiger partial charge in [0.05, 0.1) is 11.6 Å². The van der Waals surface area contributed by atoms with E-state index in [0.29, 0.717) is 10.2 Å². The average molecular weight is 351 g/mol. The number of hydrogen-bond acceptors (Lipinski definition) is 3. The first-order chi connectivity index (χ1) is 10.7. The van der Waals surface area contributed by atoms with E-state index in [1.807, 2.05) is 43.5 Å². The molecular formula is C18H23ClN2OS. The van der Waals surface area contributed by atoms with Crippen LogP contribution in [0.15, 0.2) is 29.6 Å². The van der Waals surface area contributed by atoms with Crippen molar-refractivity contribution in [1.29, 1.82) is 0 Å². The van der Waals surface area contributed by atoms with Crippen LogP contribution in [0.3, 0.4) is 0 Å². The summed E-state index contributed by atoms with van der Waals surface area (Å²) in [5.41, 5.74) is 1.94. The molecule has 124 valence electrons. The Bertz CT molecular complexity index is 671. The number of halogens is 1. The van der Waals surface area contributed by atoms with Gasteiger partial charge in [-0.25, -0.2) is 4.98 Å². The summed E-state index contributed by atoms with van der Waals surface area (Å²) in [4.78, 5) is 17.3. The standard InChI is InChI=1S/C18H23ClN2OS/c1-11(2)15(12-6-8-13(19)9-7-12)16(22)21-17-20-14(10-23-17)18(3,4)5/h6-11,15H,1-5H3,(H,20,21,22). The fourth-order valence-corrected chi connectivity index (χ4v) is 3.43. The number of benzene rings is 1. The van der Waals surface area contributed by atoms with Crippen molar-refractivity contribution in [2.45, 2.75) is 46.0 Å². The van der Waals surface area contributed by atoms with E-state index in [-0.39, 0.29) is 23.2 Å². The average Bonchev–Trinajstić information content (AvgIpc) is 2.89. The first kappa shape index (κ1) is 18.0. The van der Waals surface area contributed by atoms with Gasteiger partial charge in [-0.1, -0.05) is 58.4 Å². The normalized spacial score (nSPS) is 13.2.